The molecule has 17 heavy (non-hydrogen) atoms. The number of halogens is 1. The zero-order chi connectivity index (χ0) is 12.6. The average Bonchev–Trinajstić information content (AvgIpc) is 2.28. The molecule has 0 atom stereocenters. The van der Waals surface area contributed by atoms with Crippen molar-refractivity contribution in [2.45, 2.75) is 6.92 Å². The van der Waals surface area contributed by atoms with E-state index < -0.39 is 0 Å². The second-order valence-corrected chi connectivity index (χ2v) is 4.43. The number of hydrogen-bond acceptors (Lipinski definition) is 2. The Labute approximate surface area is 104 Å². The SMILES string of the molecule is Cc1ccc(N)cc1-c1cc(Cl)n(C)c(=O)c1. The molecule has 1 aromatic heterocycles. The van der Waals surface area contributed by atoms with Gasteiger partial charge in [0, 0.05) is 18.8 Å². The van der Waals surface area contributed by atoms with Gasteiger partial charge in [-0.2, -0.15) is 0 Å². The van der Waals surface area contributed by atoms with Crippen molar-refractivity contribution in [3.05, 3.63) is 51.4 Å². The van der Waals surface area contributed by atoms with Crippen LogP contribution in [0.5, 0.6) is 0 Å². The molecule has 2 N–H and O–H groups in total. The Bertz CT molecular complexity index is 632. The molecule has 0 saturated heterocycles. The van der Waals surface area contributed by atoms with Crippen molar-refractivity contribution >= 4 is 17.3 Å². The molecule has 0 unspecified atom stereocenters. The number of nitrogen functional groups attached to an aromatic ring is 1. The van der Waals surface area contributed by atoms with Gasteiger partial charge in [0.15, 0.2) is 0 Å². The fourth-order valence-electron chi connectivity index (χ4n) is 1.71. The largest absolute Gasteiger partial charge is 0.399 e. The van der Waals surface area contributed by atoms with Crippen LogP contribution in [0, 0.1) is 6.92 Å². The van der Waals surface area contributed by atoms with Gasteiger partial charge in [-0.25, -0.2) is 0 Å². The molecule has 0 aliphatic heterocycles. The van der Waals surface area contributed by atoms with E-state index in [0.717, 1.165) is 16.7 Å². The summed E-state index contributed by atoms with van der Waals surface area (Å²) in [5.41, 5.74) is 9.08. The van der Waals surface area contributed by atoms with E-state index in [1.165, 1.54) is 4.57 Å². The zero-order valence-electron chi connectivity index (χ0n) is 9.70. The molecule has 1 heterocycles. The molecule has 0 bridgehead atoms. The lowest BCUT2D eigenvalue weighted by Gasteiger charge is -2.09. The van der Waals surface area contributed by atoms with Gasteiger partial charge < -0.3 is 10.3 Å². The molecule has 1 aromatic carbocycles. The Kier molecular flexibility index (Phi) is 2.94. The van der Waals surface area contributed by atoms with Crippen molar-refractivity contribution in [3.8, 4) is 11.1 Å². The third kappa shape index (κ3) is 2.19. The highest BCUT2D eigenvalue weighted by atomic mass is 35.5. The number of nitrogens with two attached hydrogens (primary N) is 1. The minimum atomic E-state index is -0.130. The predicted molar refractivity (Wildman–Crippen MR) is 71.3 cm³/mol. The monoisotopic (exact) mass is 248 g/mol. The van der Waals surface area contributed by atoms with Gasteiger partial charge in [-0.1, -0.05) is 17.7 Å². The first-order valence-electron chi connectivity index (χ1n) is 5.22. The summed E-state index contributed by atoms with van der Waals surface area (Å²) in [6.07, 6.45) is 0. The number of aryl methyl sites for hydroxylation is 1. The first-order valence-corrected chi connectivity index (χ1v) is 5.60. The van der Waals surface area contributed by atoms with Crippen molar-refractivity contribution in [2.24, 2.45) is 7.05 Å². The van der Waals surface area contributed by atoms with Crippen LogP contribution < -0.4 is 11.3 Å². The molecule has 0 saturated carbocycles. The third-order valence-corrected chi connectivity index (χ3v) is 3.14. The molecule has 0 fully saturated rings. The number of nitrogens with zero attached hydrogens (tertiary/aromatic N) is 1. The van der Waals surface area contributed by atoms with Crippen molar-refractivity contribution in [1.29, 1.82) is 0 Å². The van der Waals surface area contributed by atoms with E-state index in [2.05, 4.69) is 0 Å². The van der Waals surface area contributed by atoms with Crippen LogP contribution >= 0.6 is 11.6 Å². The van der Waals surface area contributed by atoms with Crippen LogP contribution in [0.25, 0.3) is 11.1 Å². The summed E-state index contributed by atoms with van der Waals surface area (Å²) >= 11 is 5.99. The third-order valence-electron chi connectivity index (χ3n) is 2.78. The average molecular weight is 249 g/mol. The minimum absolute atomic E-state index is 0.130. The van der Waals surface area contributed by atoms with E-state index in [1.54, 1.807) is 19.2 Å². The molecule has 2 aromatic rings. The summed E-state index contributed by atoms with van der Waals surface area (Å²) in [6.45, 7) is 1.97. The number of hydrogen-bond donors (Lipinski definition) is 1. The van der Waals surface area contributed by atoms with E-state index in [4.69, 9.17) is 17.3 Å². The van der Waals surface area contributed by atoms with Crippen LogP contribution in [0.2, 0.25) is 5.15 Å². The smallest absolute Gasteiger partial charge is 0.252 e. The van der Waals surface area contributed by atoms with Gasteiger partial charge in [-0.15, -0.1) is 0 Å². The molecule has 0 radical (unpaired) electrons. The second kappa shape index (κ2) is 4.26. The van der Waals surface area contributed by atoms with E-state index >= 15 is 0 Å². The molecular weight excluding hydrogens is 236 g/mol. The molecule has 0 spiro atoms. The summed E-state index contributed by atoms with van der Waals surface area (Å²) in [5, 5.41) is 0.411. The molecule has 88 valence electrons. The van der Waals surface area contributed by atoms with Crippen LogP contribution in [0.4, 0.5) is 5.69 Å². The van der Waals surface area contributed by atoms with Crippen molar-refractivity contribution in [3.63, 3.8) is 0 Å². The molecule has 3 nitrogen and oxygen atoms in total. The van der Waals surface area contributed by atoms with Crippen LogP contribution in [0.3, 0.4) is 0 Å². The van der Waals surface area contributed by atoms with Gasteiger partial charge in [-0.3, -0.25) is 4.79 Å². The topological polar surface area (TPSA) is 48.0 Å². The molecule has 0 amide bonds. The Morgan fingerprint density at radius 2 is 1.94 bits per heavy atom. The zero-order valence-corrected chi connectivity index (χ0v) is 10.5. The van der Waals surface area contributed by atoms with E-state index in [1.807, 2.05) is 25.1 Å². The van der Waals surface area contributed by atoms with Gasteiger partial charge in [0.1, 0.15) is 5.15 Å². The van der Waals surface area contributed by atoms with Gasteiger partial charge in [0.05, 0.1) is 0 Å². The quantitative estimate of drug-likeness (QED) is 0.623. The minimum Gasteiger partial charge on any atom is -0.399 e. The Hall–Kier alpha value is -1.74. The maximum atomic E-state index is 11.7. The normalized spacial score (nSPS) is 10.5. The first kappa shape index (κ1) is 11.7. The van der Waals surface area contributed by atoms with E-state index in [-0.39, 0.29) is 5.56 Å². The maximum absolute atomic E-state index is 11.7. The Morgan fingerprint density at radius 1 is 1.24 bits per heavy atom. The van der Waals surface area contributed by atoms with Crippen LogP contribution in [-0.4, -0.2) is 4.57 Å². The van der Waals surface area contributed by atoms with Crippen LogP contribution in [0.1, 0.15) is 5.56 Å². The highest BCUT2D eigenvalue weighted by molar-refractivity contribution is 6.29. The number of benzene rings is 1. The lowest BCUT2D eigenvalue weighted by molar-refractivity contribution is 0.862. The number of pyridine rings is 1. The van der Waals surface area contributed by atoms with Crippen molar-refractivity contribution in [1.82, 2.24) is 4.57 Å². The summed E-state index contributed by atoms with van der Waals surface area (Å²) in [4.78, 5) is 11.7. The lowest BCUT2D eigenvalue weighted by Crippen LogP contribution is -2.16. The number of aromatic nitrogens is 1. The second-order valence-electron chi connectivity index (χ2n) is 4.04. The fourth-order valence-corrected chi connectivity index (χ4v) is 1.91. The van der Waals surface area contributed by atoms with E-state index in [0.29, 0.717) is 10.8 Å². The van der Waals surface area contributed by atoms with Gasteiger partial charge in [0.2, 0.25) is 0 Å². The standard InChI is InChI=1S/C13H13ClN2O/c1-8-3-4-10(15)7-11(8)9-5-12(14)16(2)13(17)6-9/h3-7H,15H2,1-2H3. The lowest BCUT2D eigenvalue weighted by atomic mass is 10.0. The number of rotatable bonds is 1. The fraction of sp³-hybridized carbons (Fsp3) is 0.154. The number of anilines is 1. The van der Waals surface area contributed by atoms with Crippen LogP contribution in [0.15, 0.2) is 35.1 Å². The molecule has 2 rings (SSSR count). The molecular formula is C13H13ClN2O. The summed E-state index contributed by atoms with van der Waals surface area (Å²) < 4.78 is 1.40. The predicted octanol–water partition coefficient (Wildman–Crippen LogP) is 2.60. The Balaban J connectivity index is 2.69. The van der Waals surface area contributed by atoms with Gasteiger partial charge in [0.25, 0.3) is 5.56 Å². The van der Waals surface area contributed by atoms with Gasteiger partial charge >= 0.3 is 0 Å². The van der Waals surface area contributed by atoms with Crippen molar-refractivity contribution in [2.75, 3.05) is 5.73 Å². The maximum Gasteiger partial charge on any atom is 0.252 e. The highest BCUT2D eigenvalue weighted by Gasteiger charge is 2.06. The van der Waals surface area contributed by atoms with Crippen molar-refractivity contribution < 1.29 is 0 Å². The summed E-state index contributed by atoms with van der Waals surface area (Å²) in [6, 6.07) is 8.94. The van der Waals surface area contributed by atoms with Crippen LogP contribution in [-0.2, 0) is 7.05 Å². The molecule has 4 heteroatoms. The first-order chi connectivity index (χ1) is 7.99. The molecule has 0 aliphatic carbocycles. The van der Waals surface area contributed by atoms with Gasteiger partial charge in [-0.05, 0) is 41.8 Å². The highest BCUT2D eigenvalue weighted by Crippen LogP contribution is 2.26. The summed E-state index contributed by atoms with van der Waals surface area (Å²) in [5.74, 6) is 0. The summed E-state index contributed by atoms with van der Waals surface area (Å²) in [7, 11) is 1.64. The molecule has 0 aliphatic rings. The van der Waals surface area contributed by atoms with E-state index in [9.17, 15) is 4.79 Å². The Morgan fingerprint density at radius 3 is 2.59 bits per heavy atom.